The molecule has 0 fully saturated rings. The average molecular weight is 319 g/mol. The Morgan fingerprint density at radius 2 is 1.64 bits per heavy atom. The first-order valence-electron chi connectivity index (χ1n) is 6.44. The Morgan fingerprint density at radius 3 is 2.36 bits per heavy atom. The molecule has 2 heterocycles. The van der Waals surface area contributed by atoms with E-state index < -0.39 is 11.7 Å². The predicted molar refractivity (Wildman–Crippen MR) is 78.8 cm³/mol. The smallest absolute Gasteiger partial charge is 0.229 e. The van der Waals surface area contributed by atoms with Crippen molar-refractivity contribution in [2.75, 3.05) is 0 Å². The van der Waals surface area contributed by atoms with Crippen LogP contribution < -0.4 is 0 Å². The number of benzene rings is 2. The highest BCUT2D eigenvalue weighted by Gasteiger charge is 2.30. The third-order valence-electron chi connectivity index (χ3n) is 3.34. The summed E-state index contributed by atoms with van der Waals surface area (Å²) in [5.41, 5.74) is 1.77. The number of hydrogen-bond acceptors (Lipinski definition) is 3. The van der Waals surface area contributed by atoms with Gasteiger partial charge in [0.25, 0.3) is 0 Å². The molecule has 22 heavy (non-hydrogen) atoms. The van der Waals surface area contributed by atoms with Gasteiger partial charge in [-0.3, -0.25) is 0 Å². The van der Waals surface area contributed by atoms with Crippen LogP contribution in [-0.4, -0.2) is 13.8 Å². The molecule has 7 heteroatoms. The van der Waals surface area contributed by atoms with E-state index in [2.05, 4.69) is 9.97 Å². The van der Waals surface area contributed by atoms with Gasteiger partial charge in [0.2, 0.25) is 5.78 Å². The summed E-state index contributed by atoms with van der Waals surface area (Å²) in [5, 5.41) is 0.641. The maximum atomic E-state index is 12.6. The first-order valence-corrected chi connectivity index (χ1v) is 7.22. The number of aromatic nitrogens is 3. The molecule has 2 aromatic heterocycles. The van der Waals surface area contributed by atoms with Crippen molar-refractivity contribution in [2.45, 2.75) is 6.18 Å². The van der Waals surface area contributed by atoms with E-state index in [0.29, 0.717) is 16.3 Å². The standard InChI is InChI=1S/C15H8F3N3S/c16-15(17,18)10-7-5-9(6-8-10)13-20-14-19-11-3-1-2-4-12(11)21(14)22-13/h1-8H. The fourth-order valence-corrected chi connectivity index (χ4v) is 3.22. The van der Waals surface area contributed by atoms with Crippen LogP contribution in [-0.2, 0) is 6.18 Å². The van der Waals surface area contributed by atoms with E-state index in [1.165, 1.54) is 23.7 Å². The zero-order valence-electron chi connectivity index (χ0n) is 11.0. The maximum absolute atomic E-state index is 12.6. The van der Waals surface area contributed by atoms with Crippen LogP contribution >= 0.6 is 11.5 Å². The van der Waals surface area contributed by atoms with Crippen molar-refractivity contribution in [1.29, 1.82) is 0 Å². The Labute approximate surface area is 126 Å². The van der Waals surface area contributed by atoms with Crippen LogP contribution in [0.1, 0.15) is 5.56 Å². The molecule has 0 bridgehead atoms. The Balaban J connectivity index is 1.81. The van der Waals surface area contributed by atoms with Crippen molar-refractivity contribution in [3.8, 4) is 10.6 Å². The molecule has 0 aliphatic heterocycles. The number of nitrogens with zero attached hydrogens (tertiary/aromatic N) is 3. The number of rotatable bonds is 1. The molecule has 0 amide bonds. The summed E-state index contributed by atoms with van der Waals surface area (Å²) in [6.07, 6.45) is -4.33. The molecule has 0 aliphatic carbocycles. The number of fused-ring (bicyclic) bond motifs is 3. The van der Waals surface area contributed by atoms with E-state index in [-0.39, 0.29) is 0 Å². The molecule has 110 valence electrons. The number of halogens is 3. The van der Waals surface area contributed by atoms with Crippen molar-refractivity contribution in [3.05, 3.63) is 54.1 Å². The molecule has 0 aliphatic rings. The summed E-state index contributed by atoms with van der Waals surface area (Å²) in [5.74, 6) is 0.557. The van der Waals surface area contributed by atoms with Crippen LogP contribution in [0.3, 0.4) is 0 Å². The van der Waals surface area contributed by atoms with Crippen LogP contribution in [0, 0.1) is 0 Å². The Hall–Kier alpha value is -2.41. The van der Waals surface area contributed by atoms with Crippen LogP contribution in [0.25, 0.3) is 27.4 Å². The predicted octanol–water partition coefficient (Wildman–Crippen LogP) is 4.63. The molecule has 4 aromatic rings. The van der Waals surface area contributed by atoms with Gasteiger partial charge in [-0.2, -0.15) is 18.2 Å². The SMILES string of the molecule is FC(F)(F)c1ccc(-c2nc3nc4ccccc4n3s2)cc1. The van der Waals surface area contributed by atoms with E-state index in [1.54, 1.807) is 0 Å². The lowest BCUT2D eigenvalue weighted by Crippen LogP contribution is -2.03. The van der Waals surface area contributed by atoms with Gasteiger partial charge in [0.15, 0.2) is 0 Å². The van der Waals surface area contributed by atoms with Gasteiger partial charge in [-0.25, -0.2) is 8.77 Å². The van der Waals surface area contributed by atoms with Crippen molar-refractivity contribution in [1.82, 2.24) is 13.8 Å². The second-order valence-corrected chi connectivity index (χ2v) is 5.71. The van der Waals surface area contributed by atoms with Gasteiger partial charge in [-0.1, -0.05) is 24.3 Å². The van der Waals surface area contributed by atoms with E-state index in [1.807, 2.05) is 28.1 Å². The van der Waals surface area contributed by atoms with Crippen LogP contribution in [0.15, 0.2) is 48.5 Å². The van der Waals surface area contributed by atoms with E-state index in [9.17, 15) is 13.2 Å². The summed E-state index contributed by atoms with van der Waals surface area (Å²) in [6, 6.07) is 12.6. The fraction of sp³-hybridized carbons (Fsp3) is 0.0667. The number of imidazole rings is 1. The van der Waals surface area contributed by atoms with Gasteiger partial charge < -0.3 is 0 Å². The molecule has 0 radical (unpaired) electrons. The number of hydrogen-bond donors (Lipinski definition) is 0. The highest BCUT2D eigenvalue weighted by molar-refractivity contribution is 7.10. The van der Waals surface area contributed by atoms with Gasteiger partial charge in [0, 0.05) is 5.56 Å². The third kappa shape index (κ3) is 2.05. The van der Waals surface area contributed by atoms with E-state index in [0.717, 1.165) is 23.2 Å². The first-order chi connectivity index (χ1) is 10.5. The van der Waals surface area contributed by atoms with Crippen LogP contribution in [0.4, 0.5) is 13.2 Å². The van der Waals surface area contributed by atoms with Crippen molar-refractivity contribution in [3.63, 3.8) is 0 Å². The molecular weight excluding hydrogens is 311 g/mol. The van der Waals surface area contributed by atoms with E-state index >= 15 is 0 Å². The third-order valence-corrected chi connectivity index (χ3v) is 4.38. The minimum Gasteiger partial charge on any atom is -0.229 e. The van der Waals surface area contributed by atoms with Gasteiger partial charge in [0.05, 0.1) is 16.6 Å². The largest absolute Gasteiger partial charge is 0.416 e. The zero-order valence-corrected chi connectivity index (χ0v) is 11.8. The molecule has 4 rings (SSSR count). The average Bonchev–Trinajstić information content (AvgIpc) is 3.04. The maximum Gasteiger partial charge on any atom is 0.416 e. The van der Waals surface area contributed by atoms with Crippen LogP contribution in [0.5, 0.6) is 0 Å². The second kappa shape index (κ2) is 4.54. The Bertz CT molecular complexity index is 967. The summed E-state index contributed by atoms with van der Waals surface area (Å²) in [4.78, 5) is 8.80. The molecule has 0 unspecified atom stereocenters. The quantitative estimate of drug-likeness (QED) is 0.512. The fourth-order valence-electron chi connectivity index (χ4n) is 2.27. The van der Waals surface area contributed by atoms with Gasteiger partial charge in [0.1, 0.15) is 5.01 Å². The topological polar surface area (TPSA) is 30.2 Å². The van der Waals surface area contributed by atoms with Crippen LogP contribution in [0.2, 0.25) is 0 Å². The molecular formula is C15H8F3N3S. The summed E-state index contributed by atoms with van der Waals surface area (Å²) in [7, 11) is 0. The van der Waals surface area contributed by atoms with Crippen molar-refractivity contribution >= 4 is 28.3 Å². The molecule has 0 spiro atoms. The molecule has 0 N–H and O–H groups in total. The molecule has 2 aromatic carbocycles. The second-order valence-electron chi connectivity index (χ2n) is 4.78. The Morgan fingerprint density at radius 1 is 0.909 bits per heavy atom. The van der Waals surface area contributed by atoms with Gasteiger partial charge in [-0.05, 0) is 35.8 Å². The normalized spacial score (nSPS) is 12.3. The van der Waals surface area contributed by atoms with Gasteiger partial charge in [-0.15, -0.1) is 0 Å². The van der Waals surface area contributed by atoms with Gasteiger partial charge >= 0.3 is 6.18 Å². The van der Waals surface area contributed by atoms with Crippen molar-refractivity contribution in [2.24, 2.45) is 0 Å². The number of alkyl halides is 3. The van der Waals surface area contributed by atoms with E-state index in [4.69, 9.17) is 0 Å². The lowest BCUT2D eigenvalue weighted by atomic mass is 10.1. The number of para-hydroxylation sites is 2. The zero-order chi connectivity index (χ0) is 15.3. The summed E-state index contributed by atoms with van der Waals surface area (Å²) >= 11 is 1.36. The summed E-state index contributed by atoms with van der Waals surface area (Å²) in [6.45, 7) is 0. The minimum absolute atomic E-state index is 0.557. The van der Waals surface area contributed by atoms with Crippen molar-refractivity contribution < 1.29 is 13.2 Å². The molecule has 3 nitrogen and oxygen atoms in total. The lowest BCUT2D eigenvalue weighted by molar-refractivity contribution is -0.137. The molecule has 0 atom stereocenters. The molecule has 0 saturated heterocycles. The Kier molecular flexibility index (Phi) is 2.74. The monoisotopic (exact) mass is 319 g/mol. The minimum atomic E-state index is -4.33. The highest BCUT2D eigenvalue weighted by atomic mass is 32.1. The highest BCUT2D eigenvalue weighted by Crippen LogP contribution is 2.32. The summed E-state index contributed by atoms with van der Waals surface area (Å²) < 4.78 is 39.6. The lowest BCUT2D eigenvalue weighted by Gasteiger charge is -2.06. The molecule has 0 saturated carbocycles. The first kappa shape index (κ1) is 13.3.